The van der Waals surface area contributed by atoms with Gasteiger partial charge in [-0.2, -0.15) is 0 Å². The molecule has 5 heteroatoms. The summed E-state index contributed by atoms with van der Waals surface area (Å²) in [5.41, 5.74) is 0. The van der Waals surface area contributed by atoms with E-state index in [9.17, 15) is 4.79 Å². The van der Waals surface area contributed by atoms with Gasteiger partial charge in [0, 0.05) is 31.7 Å². The van der Waals surface area contributed by atoms with Gasteiger partial charge < -0.3 is 14.4 Å². The number of nitrogens with zero attached hydrogens (tertiary/aromatic N) is 2. The van der Waals surface area contributed by atoms with Crippen molar-refractivity contribution in [1.29, 1.82) is 0 Å². The average Bonchev–Trinajstić information content (AvgIpc) is 2.78. The fraction of sp³-hybridized carbons (Fsp3) is 0.583. The van der Waals surface area contributed by atoms with E-state index in [1.165, 1.54) is 6.07 Å². The second kappa shape index (κ2) is 4.79. The smallest absolute Gasteiger partial charge is 0.371 e. The van der Waals surface area contributed by atoms with Gasteiger partial charge in [0.15, 0.2) is 5.88 Å². The Morgan fingerprint density at radius 2 is 2.29 bits per heavy atom. The minimum absolute atomic E-state index is 0.00516. The summed E-state index contributed by atoms with van der Waals surface area (Å²) in [6.07, 6.45) is 0. The van der Waals surface area contributed by atoms with Crippen LogP contribution in [0.3, 0.4) is 0 Å². The number of carboxylic acid groups (broad SMARTS) is 1. The van der Waals surface area contributed by atoms with Gasteiger partial charge in [-0.1, -0.05) is 6.92 Å². The quantitative estimate of drug-likeness (QED) is 0.865. The average molecular weight is 238 g/mol. The summed E-state index contributed by atoms with van der Waals surface area (Å²) < 4.78 is 5.31. The molecular formula is C12H18N2O3. The molecule has 0 radical (unpaired) electrons. The van der Waals surface area contributed by atoms with Gasteiger partial charge in [0.1, 0.15) is 0 Å². The molecule has 17 heavy (non-hydrogen) atoms. The number of likely N-dealkylation sites (N-methyl/N-ethyl adjacent to an activating group) is 1. The van der Waals surface area contributed by atoms with E-state index in [0.29, 0.717) is 11.9 Å². The monoisotopic (exact) mass is 238 g/mol. The summed E-state index contributed by atoms with van der Waals surface area (Å²) in [5, 5.41) is 8.81. The summed E-state index contributed by atoms with van der Waals surface area (Å²) in [5.74, 6) is -0.355. The molecule has 1 unspecified atom stereocenters. The van der Waals surface area contributed by atoms with E-state index in [0.717, 1.165) is 26.2 Å². The van der Waals surface area contributed by atoms with Crippen molar-refractivity contribution in [1.82, 2.24) is 4.90 Å². The molecule has 1 aliphatic heterocycles. The number of piperazine rings is 1. The Bertz CT molecular complexity index is 402. The number of carboxylic acids is 1. The zero-order valence-electron chi connectivity index (χ0n) is 10.2. The Hall–Kier alpha value is -1.49. The summed E-state index contributed by atoms with van der Waals surface area (Å²) in [7, 11) is 0. The van der Waals surface area contributed by atoms with E-state index in [-0.39, 0.29) is 5.76 Å². The Morgan fingerprint density at radius 1 is 1.53 bits per heavy atom. The number of carbonyl (C=O) groups is 1. The number of aromatic carboxylic acids is 1. The van der Waals surface area contributed by atoms with Crippen LogP contribution in [0.5, 0.6) is 0 Å². The van der Waals surface area contributed by atoms with Gasteiger partial charge in [0.25, 0.3) is 0 Å². The van der Waals surface area contributed by atoms with E-state index in [1.807, 2.05) is 0 Å². The van der Waals surface area contributed by atoms with Crippen LogP contribution < -0.4 is 4.90 Å². The third kappa shape index (κ3) is 2.44. The lowest BCUT2D eigenvalue weighted by Gasteiger charge is -2.39. The van der Waals surface area contributed by atoms with Crippen LogP contribution >= 0.6 is 0 Å². The van der Waals surface area contributed by atoms with Gasteiger partial charge >= 0.3 is 5.97 Å². The lowest BCUT2D eigenvalue weighted by atomic mass is 10.2. The molecule has 1 aromatic rings. The van der Waals surface area contributed by atoms with Crippen molar-refractivity contribution in [2.24, 2.45) is 0 Å². The van der Waals surface area contributed by atoms with Crippen LogP contribution in [0.15, 0.2) is 16.5 Å². The molecule has 0 aliphatic carbocycles. The van der Waals surface area contributed by atoms with Gasteiger partial charge in [-0.3, -0.25) is 4.90 Å². The minimum atomic E-state index is -1.02. The first-order chi connectivity index (χ1) is 8.11. The zero-order chi connectivity index (χ0) is 12.4. The molecule has 2 heterocycles. The number of furan rings is 1. The van der Waals surface area contributed by atoms with Crippen molar-refractivity contribution >= 4 is 11.9 Å². The first kappa shape index (κ1) is 12.0. The Balaban J connectivity index is 2.06. The van der Waals surface area contributed by atoms with Crippen molar-refractivity contribution in [3.8, 4) is 0 Å². The highest BCUT2D eigenvalue weighted by molar-refractivity contribution is 5.84. The first-order valence-corrected chi connectivity index (χ1v) is 5.94. The van der Waals surface area contributed by atoms with Crippen molar-refractivity contribution in [3.63, 3.8) is 0 Å². The fourth-order valence-electron chi connectivity index (χ4n) is 2.28. The van der Waals surface area contributed by atoms with E-state index < -0.39 is 5.97 Å². The number of rotatable bonds is 3. The van der Waals surface area contributed by atoms with E-state index in [1.54, 1.807) is 6.07 Å². The molecule has 0 saturated carbocycles. The Labute approximate surface area is 101 Å². The van der Waals surface area contributed by atoms with Crippen LogP contribution in [0.25, 0.3) is 0 Å². The van der Waals surface area contributed by atoms with Crippen molar-refractivity contribution in [2.45, 2.75) is 19.9 Å². The summed E-state index contributed by atoms with van der Waals surface area (Å²) in [6, 6.07) is 3.71. The highest BCUT2D eigenvalue weighted by atomic mass is 16.4. The van der Waals surface area contributed by atoms with Gasteiger partial charge in [-0.25, -0.2) is 4.79 Å². The molecule has 0 amide bonds. The highest BCUT2D eigenvalue weighted by Crippen LogP contribution is 2.21. The van der Waals surface area contributed by atoms with Gasteiger partial charge in [-0.15, -0.1) is 0 Å². The van der Waals surface area contributed by atoms with Crippen LogP contribution in [-0.2, 0) is 0 Å². The maximum atomic E-state index is 10.7. The molecule has 1 fully saturated rings. The van der Waals surface area contributed by atoms with Crippen LogP contribution in [0, 0.1) is 0 Å². The summed E-state index contributed by atoms with van der Waals surface area (Å²) in [4.78, 5) is 15.2. The normalized spacial score (nSPS) is 21.8. The predicted octanol–water partition coefficient (Wildman–Crippen LogP) is 1.51. The lowest BCUT2D eigenvalue weighted by molar-refractivity contribution is 0.0662. The SMILES string of the molecule is CCN1CCN(c2ccc(C(=O)O)o2)CC1C. The second-order valence-corrected chi connectivity index (χ2v) is 4.37. The van der Waals surface area contributed by atoms with Crippen LogP contribution in [0.4, 0.5) is 5.88 Å². The van der Waals surface area contributed by atoms with E-state index >= 15 is 0 Å². The van der Waals surface area contributed by atoms with Crippen molar-refractivity contribution in [2.75, 3.05) is 31.1 Å². The maximum Gasteiger partial charge on any atom is 0.371 e. The van der Waals surface area contributed by atoms with Crippen LogP contribution in [0.1, 0.15) is 24.4 Å². The Kier molecular flexibility index (Phi) is 3.38. The van der Waals surface area contributed by atoms with Crippen LogP contribution in [0.2, 0.25) is 0 Å². The Morgan fingerprint density at radius 3 is 2.82 bits per heavy atom. The molecular weight excluding hydrogens is 220 g/mol. The molecule has 5 nitrogen and oxygen atoms in total. The largest absolute Gasteiger partial charge is 0.475 e. The molecule has 94 valence electrons. The van der Waals surface area contributed by atoms with E-state index in [4.69, 9.17) is 9.52 Å². The molecule has 1 saturated heterocycles. The summed E-state index contributed by atoms with van der Waals surface area (Å²) >= 11 is 0. The maximum absolute atomic E-state index is 10.7. The van der Waals surface area contributed by atoms with Gasteiger partial charge in [0.05, 0.1) is 0 Å². The van der Waals surface area contributed by atoms with Gasteiger partial charge in [0.2, 0.25) is 5.76 Å². The second-order valence-electron chi connectivity index (χ2n) is 4.37. The van der Waals surface area contributed by atoms with Crippen molar-refractivity contribution < 1.29 is 14.3 Å². The molecule has 2 rings (SSSR count). The molecule has 1 aliphatic rings. The number of hydrogen-bond donors (Lipinski definition) is 1. The van der Waals surface area contributed by atoms with Gasteiger partial charge in [-0.05, 0) is 19.5 Å². The summed E-state index contributed by atoms with van der Waals surface area (Å²) in [6.45, 7) is 8.12. The number of anilines is 1. The van der Waals surface area contributed by atoms with E-state index in [2.05, 4.69) is 23.6 Å². The first-order valence-electron chi connectivity index (χ1n) is 5.94. The predicted molar refractivity (Wildman–Crippen MR) is 64.6 cm³/mol. The molecule has 0 bridgehead atoms. The van der Waals surface area contributed by atoms with Crippen LogP contribution in [-0.4, -0.2) is 48.2 Å². The topological polar surface area (TPSA) is 56.9 Å². The fourth-order valence-corrected chi connectivity index (χ4v) is 2.28. The molecule has 0 spiro atoms. The third-order valence-corrected chi connectivity index (χ3v) is 3.29. The molecule has 1 aromatic heterocycles. The minimum Gasteiger partial charge on any atom is -0.475 e. The van der Waals surface area contributed by atoms with Crippen molar-refractivity contribution in [3.05, 3.63) is 17.9 Å². The molecule has 0 aromatic carbocycles. The standard InChI is InChI=1S/C12H18N2O3/c1-3-13-6-7-14(8-9(13)2)11-5-4-10(17-11)12(15)16/h4-5,9H,3,6-8H2,1-2H3,(H,15,16). The molecule has 1 N–H and O–H groups in total. The zero-order valence-corrected chi connectivity index (χ0v) is 10.2. The lowest BCUT2D eigenvalue weighted by Crippen LogP contribution is -2.51. The third-order valence-electron chi connectivity index (χ3n) is 3.29. The molecule has 1 atom stereocenters. The highest BCUT2D eigenvalue weighted by Gasteiger charge is 2.24. The number of hydrogen-bond acceptors (Lipinski definition) is 4.